The number of benzene rings is 2. The van der Waals surface area contributed by atoms with Crippen molar-refractivity contribution in [3.8, 4) is 0 Å². The fourth-order valence-corrected chi connectivity index (χ4v) is 2.07. The average molecular weight is 271 g/mol. The molecule has 0 amide bonds. The van der Waals surface area contributed by atoms with Crippen LogP contribution in [0.2, 0.25) is 0 Å². The van der Waals surface area contributed by atoms with Crippen molar-refractivity contribution < 1.29 is 13.2 Å². The summed E-state index contributed by atoms with van der Waals surface area (Å²) in [6.07, 6.45) is 0. The molecule has 0 radical (unpaired) electrons. The first-order valence-electron chi connectivity index (χ1n) is 5.34. The topological polar surface area (TPSA) is 0 Å². The van der Waals surface area contributed by atoms with Gasteiger partial charge in [0.15, 0.2) is 0 Å². The third-order valence-electron chi connectivity index (χ3n) is 2.73. The summed E-state index contributed by atoms with van der Waals surface area (Å²) in [5, 5.41) is -0.981. The van der Waals surface area contributed by atoms with Crippen LogP contribution in [0.3, 0.4) is 0 Å². The van der Waals surface area contributed by atoms with Crippen molar-refractivity contribution >= 4 is 11.6 Å². The molecule has 0 aliphatic rings. The molecule has 4 heteroatoms. The van der Waals surface area contributed by atoms with E-state index in [2.05, 4.69) is 0 Å². The zero-order valence-corrected chi connectivity index (χ0v) is 10.3. The van der Waals surface area contributed by atoms with Gasteiger partial charge in [-0.1, -0.05) is 18.2 Å². The summed E-state index contributed by atoms with van der Waals surface area (Å²) in [6, 6.07) is 7.93. The van der Waals surface area contributed by atoms with E-state index in [-0.39, 0.29) is 16.7 Å². The van der Waals surface area contributed by atoms with E-state index in [0.717, 1.165) is 6.07 Å². The zero-order valence-electron chi connectivity index (χ0n) is 9.55. The molecule has 0 bridgehead atoms. The lowest BCUT2D eigenvalue weighted by atomic mass is 10.0. The summed E-state index contributed by atoms with van der Waals surface area (Å²) >= 11 is 6.06. The van der Waals surface area contributed by atoms with Crippen LogP contribution in [-0.4, -0.2) is 0 Å². The molecule has 0 aliphatic carbocycles. The molecule has 0 nitrogen and oxygen atoms in total. The van der Waals surface area contributed by atoms with Crippen LogP contribution in [0, 0.1) is 24.4 Å². The van der Waals surface area contributed by atoms with Gasteiger partial charge in [-0.25, -0.2) is 13.2 Å². The maximum Gasteiger partial charge on any atom is 0.131 e. The predicted octanol–water partition coefficient (Wildman–Crippen LogP) is 4.74. The van der Waals surface area contributed by atoms with Crippen LogP contribution >= 0.6 is 11.6 Å². The Balaban J connectivity index is 2.50. The fourth-order valence-electron chi connectivity index (χ4n) is 1.72. The zero-order chi connectivity index (χ0) is 13.3. The fraction of sp³-hybridized carbons (Fsp3) is 0.143. The summed E-state index contributed by atoms with van der Waals surface area (Å²) in [5.74, 6) is -1.94. The van der Waals surface area contributed by atoms with Crippen LogP contribution in [0.15, 0.2) is 36.4 Å². The Kier molecular flexibility index (Phi) is 3.62. The lowest BCUT2D eigenvalue weighted by Gasteiger charge is -2.13. The molecule has 0 heterocycles. The van der Waals surface area contributed by atoms with Gasteiger partial charge in [0, 0.05) is 17.2 Å². The van der Waals surface area contributed by atoms with E-state index >= 15 is 0 Å². The molecule has 2 rings (SSSR count). The first-order chi connectivity index (χ1) is 8.50. The highest BCUT2D eigenvalue weighted by atomic mass is 35.5. The minimum Gasteiger partial charge on any atom is -0.207 e. The molecule has 0 aliphatic heterocycles. The van der Waals surface area contributed by atoms with Gasteiger partial charge >= 0.3 is 0 Å². The highest BCUT2D eigenvalue weighted by molar-refractivity contribution is 6.22. The quantitative estimate of drug-likeness (QED) is 0.692. The normalized spacial score (nSPS) is 12.5. The van der Waals surface area contributed by atoms with E-state index in [1.54, 1.807) is 6.07 Å². The lowest BCUT2D eigenvalue weighted by molar-refractivity contribution is 0.565. The second-order valence-corrected chi connectivity index (χ2v) is 4.44. The van der Waals surface area contributed by atoms with Gasteiger partial charge < -0.3 is 0 Å². The van der Waals surface area contributed by atoms with Gasteiger partial charge in [-0.05, 0) is 24.6 Å². The van der Waals surface area contributed by atoms with E-state index < -0.39 is 22.8 Å². The van der Waals surface area contributed by atoms with Crippen molar-refractivity contribution in [2.24, 2.45) is 0 Å². The standard InChI is InChI=1S/C14H10ClF3/c1-8-6-10(13(18)7-12(8)17)14(15)9-4-2-3-5-11(9)16/h2-7,14H,1H3. The third kappa shape index (κ3) is 2.36. The van der Waals surface area contributed by atoms with Crippen LogP contribution in [0.5, 0.6) is 0 Å². The van der Waals surface area contributed by atoms with Crippen molar-refractivity contribution in [2.75, 3.05) is 0 Å². The molecule has 0 N–H and O–H groups in total. The molecule has 0 aromatic heterocycles. The van der Waals surface area contributed by atoms with Crippen LogP contribution < -0.4 is 0 Å². The smallest absolute Gasteiger partial charge is 0.131 e. The minimum atomic E-state index is -0.981. The maximum atomic E-state index is 13.7. The third-order valence-corrected chi connectivity index (χ3v) is 3.20. The Bertz CT molecular complexity index is 581. The molecular weight excluding hydrogens is 261 g/mol. The molecule has 94 valence electrons. The maximum absolute atomic E-state index is 13.7. The van der Waals surface area contributed by atoms with Crippen LogP contribution in [0.1, 0.15) is 22.1 Å². The first kappa shape index (κ1) is 13.0. The number of alkyl halides is 1. The van der Waals surface area contributed by atoms with Gasteiger partial charge in [0.05, 0.1) is 5.38 Å². The van der Waals surface area contributed by atoms with Crippen molar-refractivity contribution in [1.82, 2.24) is 0 Å². The minimum absolute atomic E-state index is 0.0701. The largest absolute Gasteiger partial charge is 0.207 e. The highest BCUT2D eigenvalue weighted by Gasteiger charge is 2.19. The molecule has 0 saturated carbocycles. The number of aryl methyl sites for hydroxylation is 1. The Morgan fingerprint density at radius 1 is 0.889 bits per heavy atom. The van der Waals surface area contributed by atoms with Gasteiger partial charge in [-0.15, -0.1) is 11.6 Å². The van der Waals surface area contributed by atoms with E-state index in [1.165, 1.54) is 31.2 Å². The number of hydrogen-bond acceptors (Lipinski definition) is 0. The first-order valence-corrected chi connectivity index (χ1v) is 5.78. The molecule has 0 spiro atoms. The van der Waals surface area contributed by atoms with Gasteiger partial charge in [-0.3, -0.25) is 0 Å². The summed E-state index contributed by atoms with van der Waals surface area (Å²) in [5.41, 5.74) is 0.512. The molecule has 0 fully saturated rings. The van der Waals surface area contributed by atoms with E-state index in [4.69, 9.17) is 11.6 Å². The number of halogens is 4. The second kappa shape index (κ2) is 5.02. The summed E-state index contributed by atoms with van der Waals surface area (Å²) < 4.78 is 40.4. The van der Waals surface area contributed by atoms with Crippen molar-refractivity contribution in [2.45, 2.75) is 12.3 Å². The lowest BCUT2D eigenvalue weighted by Crippen LogP contribution is -2.01. The molecule has 18 heavy (non-hydrogen) atoms. The van der Waals surface area contributed by atoms with Crippen LogP contribution in [-0.2, 0) is 0 Å². The van der Waals surface area contributed by atoms with Gasteiger partial charge in [0.2, 0.25) is 0 Å². The van der Waals surface area contributed by atoms with Crippen LogP contribution in [0.4, 0.5) is 13.2 Å². The van der Waals surface area contributed by atoms with Gasteiger partial charge in [-0.2, -0.15) is 0 Å². The summed E-state index contributed by atoms with van der Waals surface area (Å²) in [4.78, 5) is 0. The number of hydrogen-bond donors (Lipinski definition) is 0. The van der Waals surface area contributed by atoms with Gasteiger partial charge in [0.1, 0.15) is 17.5 Å². The highest BCUT2D eigenvalue weighted by Crippen LogP contribution is 2.33. The van der Waals surface area contributed by atoms with E-state index in [9.17, 15) is 13.2 Å². The predicted molar refractivity (Wildman–Crippen MR) is 65.2 cm³/mol. The Morgan fingerprint density at radius 3 is 2.22 bits per heavy atom. The van der Waals surface area contributed by atoms with Crippen molar-refractivity contribution in [3.05, 3.63) is 70.5 Å². The Hall–Kier alpha value is -1.48. The Labute approximate surface area is 108 Å². The summed E-state index contributed by atoms with van der Waals surface area (Å²) in [6.45, 7) is 1.50. The monoisotopic (exact) mass is 270 g/mol. The van der Waals surface area contributed by atoms with Crippen LogP contribution in [0.25, 0.3) is 0 Å². The number of rotatable bonds is 2. The van der Waals surface area contributed by atoms with E-state index in [0.29, 0.717) is 0 Å². The molecule has 2 aromatic rings. The second-order valence-electron chi connectivity index (χ2n) is 4.01. The van der Waals surface area contributed by atoms with Crippen molar-refractivity contribution in [3.63, 3.8) is 0 Å². The molecule has 0 saturated heterocycles. The molecule has 1 atom stereocenters. The van der Waals surface area contributed by atoms with Gasteiger partial charge in [0.25, 0.3) is 0 Å². The van der Waals surface area contributed by atoms with E-state index in [1.807, 2.05) is 0 Å². The molecule has 1 unspecified atom stereocenters. The Morgan fingerprint density at radius 2 is 1.56 bits per heavy atom. The summed E-state index contributed by atoms with van der Waals surface area (Å²) in [7, 11) is 0. The molecular formula is C14H10ClF3. The average Bonchev–Trinajstić information content (AvgIpc) is 2.33. The molecule has 2 aromatic carbocycles. The SMILES string of the molecule is Cc1cc(C(Cl)c2ccccc2F)c(F)cc1F. The van der Waals surface area contributed by atoms with Crippen molar-refractivity contribution in [1.29, 1.82) is 0 Å².